The average molecular weight is 238 g/mol. The summed E-state index contributed by atoms with van der Waals surface area (Å²) in [6.07, 6.45) is 18.2. The maximum Gasteiger partial charge on any atom is 0.238 e. The second kappa shape index (κ2) is 5.19. The number of carbonyl (C=O) groups excluding carboxylic acids is 2. The zero-order valence-electron chi connectivity index (χ0n) is 9.54. The van der Waals surface area contributed by atoms with E-state index in [-0.39, 0.29) is 0 Å². The molecule has 0 aromatic carbocycles. The van der Waals surface area contributed by atoms with Crippen LogP contribution >= 0.6 is 0 Å². The lowest BCUT2D eigenvalue weighted by atomic mass is 9.88. The number of aliphatic imine (C=N–C) groups is 2. The van der Waals surface area contributed by atoms with Crippen molar-refractivity contribution in [3.8, 4) is 0 Å². The lowest BCUT2D eigenvalue weighted by molar-refractivity contribution is 0.540. The first-order valence-electron chi connectivity index (χ1n) is 5.43. The number of nitrogens with zero attached hydrogens (tertiary/aromatic N) is 2. The van der Waals surface area contributed by atoms with Crippen LogP contribution in [-0.2, 0) is 9.59 Å². The van der Waals surface area contributed by atoms with Crippen LogP contribution in [0.1, 0.15) is 6.42 Å². The summed E-state index contributed by atoms with van der Waals surface area (Å²) in [4.78, 5) is 28.5. The molecule has 2 rings (SSSR count). The summed E-state index contributed by atoms with van der Waals surface area (Å²) in [5, 5.41) is 0. The molecule has 0 radical (unpaired) electrons. The molecule has 0 spiro atoms. The molecule has 2 aliphatic carbocycles. The number of hydrogen-bond acceptors (Lipinski definition) is 4. The number of rotatable bonds is 2. The summed E-state index contributed by atoms with van der Waals surface area (Å²) in [5.74, 6) is 0. The highest BCUT2D eigenvalue weighted by Crippen LogP contribution is 2.33. The van der Waals surface area contributed by atoms with Gasteiger partial charge in [0.25, 0.3) is 0 Å². The maximum absolute atomic E-state index is 10.6. The fourth-order valence-corrected chi connectivity index (χ4v) is 1.97. The smallest absolute Gasteiger partial charge is 0.211 e. The van der Waals surface area contributed by atoms with E-state index in [0.29, 0.717) is 12.0 Å². The van der Waals surface area contributed by atoms with Gasteiger partial charge >= 0.3 is 0 Å². The van der Waals surface area contributed by atoms with E-state index < -0.39 is 5.66 Å². The molecule has 0 unspecified atom stereocenters. The summed E-state index contributed by atoms with van der Waals surface area (Å²) >= 11 is 0. The molecule has 0 aromatic heterocycles. The Morgan fingerprint density at radius 2 is 1.72 bits per heavy atom. The highest BCUT2D eigenvalue weighted by molar-refractivity contribution is 5.55. The molecule has 0 heterocycles. The molecule has 0 saturated carbocycles. The minimum Gasteiger partial charge on any atom is -0.211 e. The Balaban J connectivity index is 2.62. The summed E-state index contributed by atoms with van der Waals surface area (Å²) in [7, 11) is 0. The van der Waals surface area contributed by atoms with E-state index in [1.165, 1.54) is 12.2 Å². The van der Waals surface area contributed by atoms with Crippen molar-refractivity contribution >= 4 is 12.2 Å². The van der Waals surface area contributed by atoms with Gasteiger partial charge in [-0.25, -0.2) is 9.59 Å². The van der Waals surface area contributed by atoms with Gasteiger partial charge in [-0.2, -0.15) is 9.98 Å². The van der Waals surface area contributed by atoms with E-state index in [1.807, 2.05) is 30.4 Å². The number of allylic oxidation sites excluding steroid dienone is 7. The van der Waals surface area contributed by atoms with E-state index in [2.05, 4.69) is 9.98 Å². The third-order valence-electron chi connectivity index (χ3n) is 2.76. The third-order valence-corrected chi connectivity index (χ3v) is 2.76. The summed E-state index contributed by atoms with van der Waals surface area (Å²) in [5.41, 5.74) is 0.330. The molecular formula is C14H10N2O2. The minimum atomic E-state index is -1.32. The van der Waals surface area contributed by atoms with Gasteiger partial charge in [0.1, 0.15) is 0 Å². The Labute approximate surface area is 104 Å². The van der Waals surface area contributed by atoms with E-state index in [9.17, 15) is 9.59 Å². The van der Waals surface area contributed by atoms with Crippen LogP contribution in [0.4, 0.5) is 0 Å². The monoisotopic (exact) mass is 238 g/mol. The van der Waals surface area contributed by atoms with Gasteiger partial charge < -0.3 is 0 Å². The van der Waals surface area contributed by atoms with Crippen LogP contribution in [0, 0.1) is 0 Å². The fraction of sp³-hybridized carbons (Fsp3) is 0.143. The average Bonchev–Trinajstić information content (AvgIpc) is 2.41. The van der Waals surface area contributed by atoms with Crippen molar-refractivity contribution < 1.29 is 9.59 Å². The van der Waals surface area contributed by atoms with Crippen molar-refractivity contribution in [3.05, 3.63) is 59.8 Å². The summed E-state index contributed by atoms with van der Waals surface area (Å²) in [6.45, 7) is 0. The minimum absolute atomic E-state index is 0.692. The predicted octanol–water partition coefficient (Wildman–Crippen LogP) is 2.29. The largest absolute Gasteiger partial charge is 0.238 e. The standard InChI is InChI=1S/C14H10N2O2/c17-10-15-14(16-11-18)9-5-4-8-13(14)12-6-2-1-3-7-12/h1-6,8-9H,7H2. The molecule has 0 aliphatic heterocycles. The molecule has 4 heteroatoms. The zero-order chi connectivity index (χ0) is 12.8. The molecule has 0 N–H and O–H groups in total. The second-order valence-corrected chi connectivity index (χ2v) is 3.78. The van der Waals surface area contributed by atoms with Crippen LogP contribution in [0.3, 0.4) is 0 Å². The predicted molar refractivity (Wildman–Crippen MR) is 67.2 cm³/mol. The van der Waals surface area contributed by atoms with Crippen LogP contribution in [0.2, 0.25) is 0 Å². The van der Waals surface area contributed by atoms with Gasteiger partial charge in [0.05, 0.1) is 0 Å². The quantitative estimate of drug-likeness (QED) is 0.547. The Morgan fingerprint density at radius 3 is 2.33 bits per heavy atom. The van der Waals surface area contributed by atoms with Crippen LogP contribution in [0.5, 0.6) is 0 Å². The second-order valence-electron chi connectivity index (χ2n) is 3.78. The first-order chi connectivity index (χ1) is 8.82. The highest BCUT2D eigenvalue weighted by Gasteiger charge is 2.33. The van der Waals surface area contributed by atoms with Gasteiger partial charge in [0, 0.05) is 5.57 Å². The first-order valence-corrected chi connectivity index (χ1v) is 5.43. The molecule has 0 saturated heterocycles. The SMILES string of the molecule is O=C=NC1(N=C=O)C=CC=CC1=C1C=CC=CC1. The number of hydrogen-bond donors (Lipinski definition) is 0. The van der Waals surface area contributed by atoms with Crippen molar-refractivity contribution in [3.63, 3.8) is 0 Å². The van der Waals surface area contributed by atoms with Gasteiger partial charge in [-0.15, -0.1) is 0 Å². The molecule has 2 aliphatic rings. The van der Waals surface area contributed by atoms with Crippen molar-refractivity contribution in [1.82, 2.24) is 0 Å². The Hall–Kier alpha value is -2.54. The van der Waals surface area contributed by atoms with Crippen LogP contribution < -0.4 is 0 Å². The first kappa shape index (κ1) is 11.9. The van der Waals surface area contributed by atoms with Gasteiger partial charge in [0.2, 0.25) is 17.8 Å². The Kier molecular flexibility index (Phi) is 3.44. The van der Waals surface area contributed by atoms with E-state index in [0.717, 1.165) is 5.57 Å². The van der Waals surface area contributed by atoms with Gasteiger partial charge in [-0.05, 0) is 18.1 Å². The third kappa shape index (κ3) is 2.11. The van der Waals surface area contributed by atoms with Crippen LogP contribution in [-0.4, -0.2) is 17.8 Å². The van der Waals surface area contributed by atoms with E-state index >= 15 is 0 Å². The molecule has 18 heavy (non-hydrogen) atoms. The molecule has 0 bridgehead atoms. The van der Waals surface area contributed by atoms with E-state index in [4.69, 9.17) is 0 Å². The Bertz CT molecular complexity index is 575. The zero-order valence-corrected chi connectivity index (χ0v) is 9.54. The highest BCUT2D eigenvalue weighted by atomic mass is 16.1. The molecule has 0 amide bonds. The number of isocyanates is 2. The molecule has 4 nitrogen and oxygen atoms in total. The lowest BCUT2D eigenvalue weighted by Gasteiger charge is -2.24. The van der Waals surface area contributed by atoms with Gasteiger partial charge in [-0.1, -0.05) is 42.5 Å². The van der Waals surface area contributed by atoms with Crippen molar-refractivity contribution in [2.75, 3.05) is 0 Å². The Morgan fingerprint density at radius 1 is 1.00 bits per heavy atom. The van der Waals surface area contributed by atoms with Crippen LogP contribution in [0.15, 0.2) is 69.7 Å². The molecule has 0 fully saturated rings. The lowest BCUT2D eigenvalue weighted by Crippen LogP contribution is -2.25. The van der Waals surface area contributed by atoms with Gasteiger partial charge in [0.15, 0.2) is 0 Å². The molecule has 0 atom stereocenters. The summed E-state index contributed by atoms with van der Waals surface area (Å²) in [6, 6.07) is 0. The molecular weight excluding hydrogens is 228 g/mol. The molecule has 0 aromatic rings. The molecule has 88 valence electrons. The van der Waals surface area contributed by atoms with Crippen LogP contribution in [0.25, 0.3) is 0 Å². The normalized spacial score (nSPS) is 28.7. The summed E-state index contributed by atoms with van der Waals surface area (Å²) < 4.78 is 0. The van der Waals surface area contributed by atoms with Crippen molar-refractivity contribution in [2.24, 2.45) is 9.98 Å². The van der Waals surface area contributed by atoms with Crippen molar-refractivity contribution in [1.29, 1.82) is 0 Å². The fourth-order valence-electron chi connectivity index (χ4n) is 1.97. The topological polar surface area (TPSA) is 58.9 Å². The van der Waals surface area contributed by atoms with E-state index in [1.54, 1.807) is 18.2 Å². The maximum atomic E-state index is 10.6. The van der Waals surface area contributed by atoms with Gasteiger partial charge in [-0.3, -0.25) is 0 Å². The van der Waals surface area contributed by atoms with Crippen molar-refractivity contribution in [2.45, 2.75) is 12.1 Å².